The zero-order valence-corrected chi connectivity index (χ0v) is 21.0. The van der Waals surface area contributed by atoms with Gasteiger partial charge < -0.3 is 0 Å². The van der Waals surface area contributed by atoms with Crippen LogP contribution >= 0.6 is 0 Å². The molecule has 9 heteroatoms. The van der Waals surface area contributed by atoms with Gasteiger partial charge in [0.2, 0.25) is 0 Å². The van der Waals surface area contributed by atoms with Crippen LogP contribution in [0.15, 0.2) is 89.7 Å². The molecular formula is C29H26N8O. The lowest BCUT2D eigenvalue weighted by Crippen LogP contribution is -2.31. The number of H-pyrrole nitrogens is 1. The molecule has 188 valence electrons. The van der Waals surface area contributed by atoms with Gasteiger partial charge in [0, 0.05) is 23.6 Å². The van der Waals surface area contributed by atoms with Crippen LogP contribution in [0.4, 0.5) is 0 Å². The van der Waals surface area contributed by atoms with Crippen molar-refractivity contribution in [2.75, 3.05) is 0 Å². The third-order valence-corrected chi connectivity index (χ3v) is 6.61. The molecule has 1 N–H and O–H groups in total. The SMILES string of the molecule is CCCCc1nc2cc(-c3ccccc3)nn2c(=O)n1Cc1ccc(-c2ccccc2-c2nnn[nH]2)cc1. The molecule has 0 fully saturated rings. The van der Waals surface area contributed by atoms with E-state index in [1.54, 1.807) is 4.57 Å². The molecule has 0 radical (unpaired) electrons. The number of aromatic nitrogens is 8. The van der Waals surface area contributed by atoms with E-state index in [0.29, 0.717) is 18.0 Å². The molecule has 3 aromatic carbocycles. The number of tetrazole rings is 1. The Balaban J connectivity index is 1.36. The number of unbranched alkanes of at least 4 members (excludes halogenated alkanes) is 1. The van der Waals surface area contributed by atoms with Crippen LogP contribution in [-0.4, -0.2) is 39.8 Å². The summed E-state index contributed by atoms with van der Waals surface area (Å²) in [5.41, 5.74) is 6.06. The predicted octanol–water partition coefficient (Wildman–Crippen LogP) is 4.80. The fourth-order valence-corrected chi connectivity index (χ4v) is 4.63. The lowest BCUT2D eigenvalue weighted by molar-refractivity contribution is 0.599. The second kappa shape index (κ2) is 10.2. The van der Waals surface area contributed by atoms with E-state index in [0.717, 1.165) is 58.6 Å². The molecule has 3 aromatic heterocycles. The number of fused-ring (bicyclic) bond motifs is 1. The van der Waals surface area contributed by atoms with Crippen LogP contribution in [0.25, 0.3) is 39.4 Å². The number of rotatable bonds is 8. The number of hydrogen-bond acceptors (Lipinski definition) is 6. The minimum Gasteiger partial charge on any atom is -0.275 e. The summed E-state index contributed by atoms with van der Waals surface area (Å²) in [6.07, 6.45) is 2.70. The van der Waals surface area contributed by atoms with E-state index < -0.39 is 0 Å². The van der Waals surface area contributed by atoms with Crippen molar-refractivity contribution in [2.24, 2.45) is 0 Å². The highest BCUT2D eigenvalue weighted by Crippen LogP contribution is 2.30. The van der Waals surface area contributed by atoms with Gasteiger partial charge in [-0.1, -0.05) is 92.2 Å². The average Bonchev–Trinajstić information content (AvgIpc) is 3.66. The van der Waals surface area contributed by atoms with Crippen LogP contribution in [0.1, 0.15) is 31.2 Å². The van der Waals surface area contributed by atoms with Gasteiger partial charge >= 0.3 is 5.69 Å². The lowest BCUT2D eigenvalue weighted by atomic mass is 9.98. The fourth-order valence-electron chi connectivity index (χ4n) is 4.63. The van der Waals surface area contributed by atoms with E-state index in [1.807, 2.05) is 72.8 Å². The highest BCUT2D eigenvalue weighted by Gasteiger charge is 2.15. The van der Waals surface area contributed by atoms with Crippen LogP contribution in [0.3, 0.4) is 0 Å². The van der Waals surface area contributed by atoms with Gasteiger partial charge in [-0.05, 0) is 33.5 Å². The highest BCUT2D eigenvalue weighted by molar-refractivity contribution is 5.80. The molecule has 0 aliphatic rings. The van der Waals surface area contributed by atoms with Gasteiger partial charge in [-0.25, -0.2) is 14.9 Å². The second-order valence-electron chi connectivity index (χ2n) is 9.16. The van der Waals surface area contributed by atoms with Crippen molar-refractivity contribution in [3.05, 3.63) is 107 Å². The largest absolute Gasteiger partial charge is 0.352 e. The molecule has 0 saturated heterocycles. The van der Waals surface area contributed by atoms with Crippen LogP contribution in [0.2, 0.25) is 0 Å². The monoisotopic (exact) mass is 502 g/mol. The van der Waals surface area contributed by atoms with Crippen molar-refractivity contribution in [3.63, 3.8) is 0 Å². The topological polar surface area (TPSA) is 107 Å². The van der Waals surface area contributed by atoms with Crippen LogP contribution in [-0.2, 0) is 13.0 Å². The summed E-state index contributed by atoms with van der Waals surface area (Å²) in [4.78, 5) is 18.5. The van der Waals surface area contributed by atoms with E-state index in [9.17, 15) is 4.79 Å². The Kier molecular flexibility index (Phi) is 6.31. The molecule has 0 spiro atoms. The fraction of sp³-hybridized carbons (Fsp3) is 0.172. The van der Waals surface area contributed by atoms with Crippen molar-refractivity contribution in [1.82, 2.24) is 39.8 Å². The quantitative estimate of drug-likeness (QED) is 0.321. The van der Waals surface area contributed by atoms with Gasteiger partial charge in [-0.2, -0.15) is 9.61 Å². The first-order valence-electron chi connectivity index (χ1n) is 12.7. The van der Waals surface area contributed by atoms with Gasteiger partial charge in [-0.3, -0.25) is 4.57 Å². The Morgan fingerprint density at radius 3 is 2.37 bits per heavy atom. The number of benzene rings is 3. The Bertz CT molecular complexity index is 1740. The smallest absolute Gasteiger partial charge is 0.275 e. The van der Waals surface area contributed by atoms with Gasteiger partial charge in [-0.15, -0.1) is 5.10 Å². The zero-order chi connectivity index (χ0) is 25.9. The summed E-state index contributed by atoms with van der Waals surface area (Å²) in [6, 6.07) is 27.9. The maximum absolute atomic E-state index is 13.6. The van der Waals surface area contributed by atoms with Gasteiger partial charge in [0.15, 0.2) is 11.5 Å². The minimum absolute atomic E-state index is 0.185. The van der Waals surface area contributed by atoms with Gasteiger partial charge in [0.25, 0.3) is 0 Å². The number of nitrogens with zero attached hydrogens (tertiary/aromatic N) is 7. The zero-order valence-electron chi connectivity index (χ0n) is 21.0. The molecule has 0 bridgehead atoms. The van der Waals surface area contributed by atoms with E-state index in [1.165, 1.54) is 4.52 Å². The highest BCUT2D eigenvalue weighted by atomic mass is 16.2. The summed E-state index contributed by atoms with van der Waals surface area (Å²) in [5.74, 6) is 1.39. The molecule has 0 saturated carbocycles. The minimum atomic E-state index is -0.185. The Labute approximate surface area is 218 Å². The second-order valence-corrected chi connectivity index (χ2v) is 9.16. The van der Waals surface area contributed by atoms with E-state index in [-0.39, 0.29) is 5.69 Å². The van der Waals surface area contributed by atoms with Gasteiger partial charge in [0.05, 0.1) is 12.2 Å². The molecule has 3 heterocycles. The maximum Gasteiger partial charge on any atom is 0.352 e. The molecule has 0 unspecified atom stereocenters. The summed E-state index contributed by atoms with van der Waals surface area (Å²) >= 11 is 0. The lowest BCUT2D eigenvalue weighted by Gasteiger charge is -2.13. The van der Waals surface area contributed by atoms with E-state index in [4.69, 9.17) is 4.98 Å². The van der Waals surface area contributed by atoms with Crippen LogP contribution in [0, 0.1) is 0 Å². The first-order valence-corrected chi connectivity index (χ1v) is 12.7. The number of nitrogens with one attached hydrogen (secondary N) is 1. The molecule has 6 aromatic rings. The van der Waals surface area contributed by atoms with Crippen LogP contribution < -0.4 is 5.69 Å². The Morgan fingerprint density at radius 2 is 1.63 bits per heavy atom. The average molecular weight is 503 g/mol. The van der Waals surface area contributed by atoms with Gasteiger partial charge in [0.1, 0.15) is 5.82 Å². The molecule has 9 nitrogen and oxygen atoms in total. The van der Waals surface area contributed by atoms with Crippen molar-refractivity contribution in [2.45, 2.75) is 32.7 Å². The summed E-state index contributed by atoms with van der Waals surface area (Å²) in [6.45, 7) is 2.55. The van der Waals surface area contributed by atoms with Crippen molar-refractivity contribution >= 4 is 5.65 Å². The first kappa shape index (κ1) is 23.5. The van der Waals surface area contributed by atoms with E-state index >= 15 is 0 Å². The molecule has 0 atom stereocenters. The number of aryl methyl sites for hydroxylation is 1. The molecule has 0 aliphatic carbocycles. The molecule has 0 aliphatic heterocycles. The van der Waals surface area contributed by atoms with Crippen molar-refractivity contribution in [1.29, 1.82) is 0 Å². The van der Waals surface area contributed by atoms with Crippen molar-refractivity contribution < 1.29 is 0 Å². The third-order valence-electron chi connectivity index (χ3n) is 6.61. The van der Waals surface area contributed by atoms with E-state index in [2.05, 4.69) is 44.8 Å². The predicted molar refractivity (Wildman–Crippen MR) is 145 cm³/mol. The van der Waals surface area contributed by atoms with Crippen molar-refractivity contribution in [3.8, 4) is 33.8 Å². The number of aromatic amines is 1. The maximum atomic E-state index is 13.6. The molecule has 0 amide bonds. The third kappa shape index (κ3) is 4.50. The standard InChI is InChI=1S/C29H26N8O/c1-2-3-13-26-30-27-18-25(22-9-5-4-6-10-22)33-37(27)29(38)36(26)19-20-14-16-21(17-15-20)23-11-7-8-12-24(23)28-31-34-35-32-28/h4-12,14-18H,2-3,13,19H2,1H3,(H,31,32,34,35). The molecular weight excluding hydrogens is 476 g/mol. The summed E-state index contributed by atoms with van der Waals surface area (Å²) in [5, 5.41) is 18.9. The summed E-state index contributed by atoms with van der Waals surface area (Å²) < 4.78 is 3.15. The first-order chi connectivity index (χ1) is 18.7. The molecule has 38 heavy (non-hydrogen) atoms. The van der Waals surface area contributed by atoms with Crippen LogP contribution in [0.5, 0.6) is 0 Å². The summed E-state index contributed by atoms with van der Waals surface area (Å²) in [7, 11) is 0. The number of hydrogen-bond donors (Lipinski definition) is 1. The Hall–Kier alpha value is -4.92. The molecule has 6 rings (SSSR count). The Morgan fingerprint density at radius 1 is 0.868 bits per heavy atom. The normalized spacial score (nSPS) is 11.3.